The molecule has 0 aromatic heterocycles. The topological polar surface area (TPSA) is 41.5 Å². The summed E-state index contributed by atoms with van der Waals surface area (Å²) in [7, 11) is 0. The Labute approximate surface area is 120 Å². The average molecular weight is 283 g/mol. The van der Waals surface area contributed by atoms with E-state index in [1.807, 2.05) is 37.7 Å². The van der Waals surface area contributed by atoms with Crippen LogP contribution in [-0.2, 0) is 6.54 Å². The van der Waals surface area contributed by atoms with E-state index in [9.17, 15) is 0 Å². The van der Waals surface area contributed by atoms with Crippen molar-refractivity contribution in [2.45, 2.75) is 32.9 Å². The lowest BCUT2D eigenvalue weighted by atomic mass is 10.2. The Balaban J connectivity index is 2.18. The molecule has 0 amide bonds. The van der Waals surface area contributed by atoms with Gasteiger partial charge in [0.1, 0.15) is 5.75 Å². The summed E-state index contributed by atoms with van der Waals surface area (Å²) in [6.45, 7) is 6.23. The highest BCUT2D eigenvalue weighted by atomic mass is 32.2. The number of rotatable bonds is 10. The van der Waals surface area contributed by atoms with Gasteiger partial charge >= 0.3 is 0 Å². The molecule has 1 aromatic rings. The van der Waals surface area contributed by atoms with Gasteiger partial charge in [-0.3, -0.25) is 0 Å². The Kier molecular flexibility index (Phi) is 8.71. The second-order valence-corrected chi connectivity index (χ2v) is 5.91. The molecule has 19 heavy (non-hydrogen) atoms. The summed E-state index contributed by atoms with van der Waals surface area (Å²) in [6.07, 6.45) is 1.10. The lowest BCUT2D eigenvalue weighted by Crippen LogP contribution is -2.17. The van der Waals surface area contributed by atoms with Crippen molar-refractivity contribution in [3.8, 4) is 5.75 Å². The van der Waals surface area contributed by atoms with E-state index in [0.29, 0.717) is 6.61 Å². The highest BCUT2D eigenvalue weighted by Gasteiger charge is 1.99. The summed E-state index contributed by atoms with van der Waals surface area (Å²) >= 11 is 1.88. The Morgan fingerprint density at radius 3 is 2.89 bits per heavy atom. The Bertz CT molecular complexity index is 345. The summed E-state index contributed by atoms with van der Waals surface area (Å²) in [6, 6.07) is 8.23. The summed E-state index contributed by atoms with van der Waals surface area (Å²) < 4.78 is 5.67. The van der Waals surface area contributed by atoms with Crippen LogP contribution in [-0.4, -0.2) is 35.9 Å². The molecule has 0 bridgehead atoms. The monoisotopic (exact) mass is 283 g/mol. The van der Waals surface area contributed by atoms with Gasteiger partial charge in [-0.1, -0.05) is 12.1 Å². The minimum Gasteiger partial charge on any atom is -0.491 e. The van der Waals surface area contributed by atoms with Crippen molar-refractivity contribution in [2.75, 3.05) is 24.7 Å². The molecule has 0 unspecified atom stereocenters. The van der Waals surface area contributed by atoms with Gasteiger partial charge in [-0.15, -0.1) is 0 Å². The van der Waals surface area contributed by atoms with Crippen molar-refractivity contribution in [1.29, 1.82) is 0 Å². The molecule has 2 N–H and O–H groups in total. The molecule has 0 saturated carbocycles. The zero-order chi connectivity index (χ0) is 13.9. The van der Waals surface area contributed by atoms with Crippen LogP contribution in [0.5, 0.6) is 5.75 Å². The van der Waals surface area contributed by atoms with Crippen LogP contribution in [0.1, 0.15) is 25.8 Å². The molecule has 4 heteroatoms. The average Bonchev–Trinajstić information content (AvgIpc) is 2.37. The lowest BCUT2D eigenvalue weighted by molar-refractivity contribution is 0.242. The molecule has 0 spiro atoms. The second kappa shape index (κ2) is 10.1. The molecule has 0 aliphatic rings. The number of thioether (sulfide) groups is 1. The fourth-order valence-corrected chi connectivity index (χ4v) is 2.47. The number of aliphatic hydroxyl groups is 1. The highest BCUT2D eigenvalue weighted by Crippen LogP contribution is 2.14. The van der Waals surface area contributed by atoms with Crippen LogP contribution in [0.2, 0.25) is 0 Å². The smallest absolute Gasteiger partial charge is 0.120 e. The zero-order valence-corrected chi connectivity index (χ0v) is 12.7. The van der Waals surface area contributed by atoms with Crippen LogP contribution >= 0.6 is 11.8 Å². The SMILES string of the molecule is CC(C)Oc1cccc(CNCCSCCCO)c1. The first-order valence-corrected chi connectivity index (χ1v) is 8.02. The van der Waals surface area contributed by atoms with Crippen LogP contribution in [0.25, 0.3) is 0 Å². The van der Waals surface area contributed by atoms with Crippen molar-refractivity contribution in [2.24, 2.45) is 0 Å². The molecule has 0 fully saturated rings. The van der Waals surface area contributed by atoms with Crippen LogP contribution in [0.15, 0.2) is 24.3 Å². The third-order valence-corrected chi connectivity index (χ3v) is 3.54. The van der Waals surface area contributed by atoms with E-state index in [-0.39, 0.29) is 6.10 Å². The van der Waals surface area contributed by atoms with E-state index >= 15 is 0 Å². The summed E-state index contributed by atoms with van der Waals surface area (Å²) in [5.41, 5.74) is 1.25. The molecular weight excluding hydrogens is 258 g/mol. The largest absolute Gasteiger partial charge is 0.491 e. The van der Waals surface area contributed by atoms with Crippen LogP contribution in [0, 0.1) is 0 Å². The first kappa shape index (κ1) is 16.3. The predicted octanol–water partition coefficient (Wildman–Crippen LogP) is 2.68. The molecule has 108 valence electrons. The number of benzene rings is 1. The highest BCUT2D eigenvalue weighted by molar-refractivity contribution is 7.99. The number of hydrogen-bond donors (Lipinski definition) is 2. The molecule has 1 rings (SSSR count). The van der Waals surface area contributed by atoms with Gasteiger partial charge in [-0.25, -0.2) is 0 Å². The first-order valence-electron chi connectivity index (χ1n) is 6.87. The molecule has 0 atom stereocenters. The quantitative estimate of drug-likeness (QED) is 0.648. The van der Waals surface area contributed by atoms with Gasteiger partial charge in [0, 0.05) is 25.4 Å². The predicted molar refractivity (Wildman–Crippen MR) is 82.9 cm³/mol. The minimum atomic E-state index is 0.214. The van der Waals surface area contributed by atoms with Crippen LogP contribution in [0.4, 0.5) is 0 Å². The maximum Gasteiger partial charge on any atom is 0.120 e. The van der Waals surface area contributed by atoms with Gasteiger partial charge in [0.15, 0.2) is 0 Å². The fraction of sp³-hybridized carbons (Fsp3) is 0.600. The fourth-order valence-electron chi connectivity index (χ4n) is 1.65. The molecule has 3 nitrogen and oxygen atoms in total. The van der Waals surface area contributed by atoms with Gasteiger partial charge < -0.3 is 15.2 Å². The van der Waals surface area contributed by atoms with E-state index in [1.165, 1.54) is 5.56 Å². The number of ether oxygens (including phenoxy) is 1. The van der Waals surface area contributed by atoms with Gasteiger partial charge in [-0.05, 0) is 43.7 Å². The van der Waals surface area contributed by atoms with Crippen molar-refractivity contribution < 1.29 is 9.84 Å². The third kappa shape index (κ3) is 8.14. The van der Waals surface area contributed by atoms with Gasteiger partial charge in [-0.2, -0.15) is 11.8 Å². The van der Waals surface area contributed by atoms with Gasteiger partial charge in [0.2, 0.25) is 0 Å². The molecule has 0 aliphatic heterocycles. The number of aliphatic hydroxyl groups excluding tert-OH is 1. The van der Waals surface area contributed by atoms with E-state index in [4.69, 9.17) is 9.84 Å². The summed E-state index contributed by atoms with van der Waals surface area (Å²) in [5, 5.41) is 12.1. The Hall–Kier alpha value is -0.710. The molecule has 1 aromatic carbocycles. The van der Waals surface area contributed by atoms with Crippen molar-refractivity contribution in [1.82, 2.24) is 5.32 Å². The molecule has 0 radical (unpaired) electrons. The van der Waals surface area contributed by atoms with Crippen LogP contribution in [0.3, 0.4) is 0 Å². The van der Waals surface area contributed by atoms with Gasteiger partial charge in [0.05, 0.1) is 6.10 Å². The van der Waals surface area contributed by atoms with Crippen molar-refractivity contribution in [3.63, 3.8) is 0 Å². The summed E-state index contributed by atoms with van der Waals surface area (Å²) in [4.78, 5) is 0. The van der Waals surface area contributed by atoms with E-state index in [0.717, 1.165) is 36.8 Å². The maximum absolute atomic E-state index is 8.67. The van der Waals surface area contributed by atoms with E-state index in [1.54, 1.807) is 0 Å². The standard InChI is InChI=1S/C15H25NO2S/c1-13(2)18-15-6-3-5-14(11-15)12-16-7-10-19-9-4-8-17/h3,5-6,11,13,16-17H,4,7-10,12H2,1-2H3. The third-order valence-electron chi connectivity index (χ3n) is 2.47. The Morgan fingerprint density at radius 2 is 2.16 bits per heavy atom. The number of hydrogen-bond acceptors (Lipinski definition) is 4. The van der Waals surface area contributed by atoms with Gasteiger partial charge in [0.25, 0.3) is 0 Å². The minimum absolute atomic E-state index is 0.214. The first-order chi connectivity index (χ1) is 9.22. The summed E-state index contributed by atoms with van der Waals surface area (Å²) in [5.74, 6) is 3.06. The van der Waals surface area contributed by atoms with Crippen molar-refractivity contribution >= 4 is 11.8 Å². The molecule has 0 aliphatic carbocycles. The van der Waals surface area contributed by atoms with Crippen LogP contribution < -0.4 is 10.1 Å². The Morgan fingerprint density at radius 1 is 1.32 bits per heavy atom. The number of nitrogens with one attached hydrogen (secondary N) is 1. The molecule has 0 heterocycles. The molecule has 0 saturated heterocycles. The molecular formula is C15H25NO2S. The zero-order valence-electron chi connectivity index (χ0n) is 11.9. The second-order valence-electron chi connectivity index (χ2n) is 4.68. The normalized spacial score (nSPS) is 10.9. The van der Waals surface area contributed by atoms with E-state index in [2.05, 4.69) is 17.4 Å². The van der Waals surface area contributed by atoms with Crippen molar-refractivity contribution in [3.05, 3.63) is 29.8 Å². The maximum atomic E-state index is 8.67. The van der Waals surface area contributed by atoms with E-state index < -0.39 is 0 Å². The lowest BCUT2D eigenvalue weighted by Gasteiger charge is -2.11.